The van der Waals surface area contributed by atoms with E-state index in [2.05, 4.69) is 0 Å². The van der Waals surface area contributed by atoms with Crippen molar-refractivity contribution >= 4 is 11.6 Å². The molecule has 2 aromatic rings. The van der Waals surface area contributed by atoms with Crippen molar-refractivity contribution in [3.05, 3.63) is 58.6 Å². The molecule has 2 N–H and O–H groups in total. The molecule has 0 fully saturated rings. The summed E-state index contributed by atoms with van der Waals surface area (Å²) >= 11 is 6.27. The lowest BCUT2D eigenvalue weighted by Crippen LogP contribution is -2.17. The van der Waals surface area contributed by atoms with Crippen LogP contribution in [0, 0.1) is 0 Å². The van der Waals surface area contributed by atoms with E-state index in [1.807, 2.05) is 49.4 Å². The molecule has 21 heavy (non-hydrogen) atoms. The minimum absolute atomic E-state index is 0.0833. The standard InChI is InChI=1S/C17H20ClNO2/c1-12(19)8-14-6-7-16(10-17(14)18)21-15-5-3-4-13(9-15)11-20-2/h3-7,9-10,12H,8,11,19H2,1-2H3. The van der Waals surface area contributed by atoms with Gasteiger partial charge >= 0.3 is 0 Å². The maximum Gasteiger partial charge on any atom is 0.128 e. The number of hydrogen-bond acceptors (Lipinski definition) is 3. The van der Waals surface area contributed by atoms with E-state index in [1.165, 1.54) is 0 Å². The zero-order valence-corrected chi connectivity index (χ0v) is 13.1. The first-order chi connectivity index (χ1) is 10.1. The van der Waals surface area contributed by atoms with Crippen molar-refractivity contribution in [2.75, 3.05) is 7.11 Å². The molecule has 2 rings (SSSR count). The molecule has 1 atom stereocenters. The van der Waals surface area contributed by atoms with Crippen LogP contribution in [0.15, 0.2) is 42.5 Å². The van der Waals surface area contributed by atoms with Gasteiger partial charge in [-0.15, -0.1) is 0 Å². The Morgan fingerprint density at radius 2 is 1.90 bits per heavy atom. The molecule has 0 aliphatic rings. The van der Waals surface area contributed by atoms with Crippen LogP contribution in [0.3, 0.4) is 0 Å². The van der Waals surface area contributed by atoms with Gasteiger partial charge in [0.25, 0.3) is 0 Å². The van der Waals surface area contributed by atoms with Crippen LogP contribution in [0.2, 0.25) is 5.02 Å². The third-order valence-corrected chi connectivity index (χ3v) is 3.36. The van der Waals surface area contributed by atoms with Gasteiger partial charge in [0.05, 0.1) is 6.61 Å². The molecule has 4 heteroatoms. The number of hydrogen-bond donors (Lipinski definition) is 1. The van der Waals surface area contributed by atoms with Crippen LogP contribution < -0.4 is 10.5 Å². The Labute approximate surface area is 130 Å². The second-order valence-electron chi connectivity index (χ2n) is 5.12. The Kier molecular flexibility index (Phi) is 5.62. The summed E-state index contributed by atoms with van der Waals surface area (Å²) in [5.41, 5.74) is 7.90. The molecule has 0 radical (unpaired) electrons. The van der Waals surface area contributed by atoms with E-state index < -0.39 is 0 Å². The molecule has 0 aromatic heterocycles. The van der Waals surface area contributed by atoms with E-state index in [1.54, 1.807) is 7.11 Å². The minimum atomic E-state index is 0.0833. The predicted molar refractivity (Wildman–Crippen MR) is 86.0 cm³/mol. The fourth-order valence-corrected chi connectivity index (χ4v) is 2.35. The van der Waals surface area contributed by atoms with Crippen molar-refractivity contribution in [2.24, 2.45) is 5.73 Å². The molecule has 0 saturated carbocycles. The molecule has 0 aliphatic carbocycles. The summed E-state index contributed by atoms with van der Waals surface area (Å²) in [7, 11) is 1.67. The molecular weight excluding hydrogens is 286 g/mol. The van der Waals surface area contributed by atoms with Crippen molar-refractivity contribution in [3.8, 4) is 11.5 Å². The molecule has 0 saturated heterocycles. The Morgan fingerprint density at radius 3 is 2.57 bits per heavy atom. The van der Waals surface area contributed by atoms with Gasteiger partial charge in [0, 0.05) is 18.2 Å². The van der Waals surface area contributed by atoms with Gasteiger partial charge in [-0.2, -0.15) is 0 Å². The Morgan fingerprint density at radius 1 is 1.14 bits per heavy atom. The normalized spacial score (nSPS) is 12.2. The van der Waals surface area contributed by atoms with Crippen molar-refractivity contribution < 1.29 is 9.47 Å². The molecule has 0 spiro atoms. The predicted octanol–water partition coefficient (Wildman–Crippen LogP) is 4.17. The van der Waals surface area contributed by atoms with E-state index in [0.29, 0.717) is 17.4 Å². The van der Waals surface area contributed by atoms with Gasteiger partial charge in [0.15, 0.2) is 0 Å². The molecule has 2 aromatic carbocycles. The Bertz CT molecular complexity index is 599. The van der Waals surface area contributed by atoms with E-state index in [4.69, 9.17) is 26.8 Å². The van der Waals surface area contributed by atoms with Crippen LogP contribution in [0.5, 0.6) is 11.5 Å². The lowest BCUT2D eigenvalue weighted by atomic mass is 10.1. The second-order valence-corrected chi connectivity index (χ2v) is 5.52. The highest BCUT2D eigenvalue weighted by Crippen LogP contribution is 2.28. The summed E-state index contributed by atoms with van der Waals surface area (Å²) in [5, 5.41) is 0.679. The molecule has 112 valence electrons. The largest absolute Gasteiger partial charge is 0.457 e. The molecule has 3 nitrogen and oxygen atoms in total. The van der Waals surface area contributed by atoms with E-state index >= 15 is 0 Å². The summed E-state index contributed by atoms with van der Waals surface area (Å²) in [5.74, 6) is 1.48. The van der Waals surface area contributed by atoms with Gasteiger partial charge in [-0.25, -0.2) is 0 Å². The topological polar surface area (TPSA) is 44.5 Å². The lowest BCUT2D eigenvalue weighted by molar-refractivity contribution is 0.184. The first-order valence-corrected chi connectivity index (χ1v) is 7.26. The SMILES string of the molecule is COCc1cccc(Oc2ccc(CC(C)N)c(Cl)c2)c1. The van der Waals surface area contributed by atoms with Crippen LogP contribution >= 0.6 is 11.6 Å². The van der Waals surface area contributed by atoms with Gasteiger partial charge in [-0.1, -0.05) is 29.8 Å². The van der Waals surface area contributed by atoms with Crippen molar-refractivity contribution in [1.82, 2.24) is 0 Å². The number of nitrogens with two attached hydrogens (primary N) is 1. The van der Waals surface area contributed by atoms with Gasteiger partial charge < -0.3 is 15.2 Å². The first-order valence-electron chi connectivity index (χ1n) is 6.88. The average Bonchev–Trinajstić information content (AvgIpc) is 2.42. The molecular formula is C17H20ClNO2. The number of ether oxygens (including phenoxy) is 2. The third kappa shape index (κ3) is 4.74. The summed E-state index contributed by atoms with van der Waals surface area (Å²) in [6.07, 6.45) is 0.752. The van der Waals surface area contributed by atoms with Crippen LogP contribution in [-0.2, 0) is 17.8 Å². The zero-order chi connectivity index (χ0) is 15.2. The highest BCUT2D eigenvalue weighted by molar-refractivity contribution is 6.31. The summed E-state index contributed by atoms with van der Waals surface area (Å²) < 4.78 is 11.0. The molecule has 0 aliphatic heterocycles. The summed E-state index contributed by atoms with van der Waals surface area (Å²) in [6, 6.07) is 13.6. The fraction of sp³-hybridized carbons (Fsp3) is 0.294. The van der Waals surface area contributed by atoms with Crippen LogP contribution in [0.1, 0.15) is 18.1 Å². The molecule has 0 heterocycles. The first kappa shape index (κ1) is 15.8. The van der Waals surface area contributed by atoms with E-state index in [-0.39, 0.29) is 6.04 Å². The van der Waals surface area contributed by atoms with E-state index in [0.717, 1.165) is 23.3 Å². The molecule has 0 amide bonds. The Balaban J connectivity index is 2.12. The monoisotopic (exact) mass is 305 g/mol. The number of methoxy groups -OCH3 is 1. The minimum Gasteiger partial charge on any atom is -0.457 e. The van der Waals surface area contributed by atoms with Gasteiger partial charge in [-0.3, -0.25) is 0 Å². The van der Waals surface area contributed by atoms with Gasteiger partial charge in [0.1, 0.15) is 11.5 Å². The average molecular weight is 306 g/mol. The number of benzene rings is 2. The zero-order valence-electron chi connectivity index (χ0n) is 12.3. The van der Waals surface area contributed by atoms with Crippen LogP contribution in [0.25, 0.3) is 0 Å². The van der Waals surface area contributed by atoms with Gasteiger partial charge in [0.2, 0.25) is 0 Å². The quantitative estimate of drug-likeness (QED) is 0.871. The molecule has 1 unspecified atom stereocenters. The smallest absolute Gasteiger partial charge is 0.128 e. The van der Waals surface area contributed by atoms with Crippen LogP contribution in [-0.4, -0.2) is 13.2 Å². The number of halogens is 1. The molecule has 0 bridgehead atoms. The highest BCUT2D eigenvalue weighted by Gasteiger charge is 2.06. The second kappa shape index (κ2) is 7.46. The van der Waals surface area contributed by atoms with Crippen molar-refractivity contribution in [2.45, 2.75) is 26.0 Å². The van der Waals surface area contributed by atoms with Crippen LogP contribution in [0.4, 0.5) is 0 Å². The fourth-order valence-electron chi connectivity index (χ4n) is 2.11. The Hall–Kier alpha value is -1.55. The van der Waals surface area contributed by atoms with E-state index in [9.17, 15) is 0 Å². The highest BCUT2D eigenvalue weighted by atomic mass is 35.5. The van der Waals surface area contributed by atoms with Crippen molar-refractivity contribution in [3.63, 3.8) is 0 Å². The maximum absolute atomic E-state index is 6.27. The number of rotatable bonds is 6. The maximum atomic E-state index is 6.27. The van der Waals surface area contributed by atoms with Crippen molar-refractivity contribution in [1.29, 1.82) is 0 Å². The summed E-state index contributed by atoms with van der Waals surface area (Å²) in [4.78, 5) is 0. The lowest BCUT2D eigenvalue weighted by Gasteiger charge is -2.11. The summed E-state index contributed by atoms with van der Waals surface area (Å²) in [6.45, 7) is 2.52. The van der Waals surface area contributed by atoms with Gasteiger partial charge in [-0.05, 0) is 48.7 Å². The third-order valence-electron chi connectivity index (χ3n) is 3.01.